The van der Waals surface area contributed by atoms with Crippen molar-refractivity contribution >= 4 is 17.6 Å². The van der Waals surface area contributed by atoms with Crippen LogP contribution in [0.1, 0.15) is 38.8 Å². The highest BCUT2D eigenvalue weighted by molar-refractivity contribution is 5.73. The highest BCUT2D eigenvalue weighted by Gasteiger charge is 2.23. The molecular weight excluding hydrogens is 268 g/mol. The molecule has 0 aliphatic heterocycles. The van der Waals surface area contributed by atoms with Crippen molar-refractivity contribution < 1.29 is 14.3 Å². The van der Waals surface area contributed by atoms with Crippen molar-refractivity contribution in [2.45, 2.75) is 33.2 Å². The fourth-order valence-electron chi connectivity index (χ4n) is 1.74. The van der Waals surface area contributed by atoms with Gasteiger partial charge in [0.05, 0.1) is 5.54 Å². The van der Waals surface area contributed by atoms with Crippen LogP contribution in [0.4, 0.5) is 4.79 Å². The molecular formula is C16H22N2O3. The van der Waals surface area contributed by atoms with Gasteiger partial charge in [0.15, 0.2) is 6.73 Å². The second kappa shape index (κ2) is 6.92. The van der Waals surface area contributed by atoms with Crippen LogP contribution in [-0.2, 0) is 15.1 Å². The fourth-order valence-corrected chi connectivity index (χ4v) is 1.74. The summed E-state index contributed by atoms with van der Waals surface area (Å²) in [7, 11) is 0. The minimum Gasteiger partial charge on any atom is -0.428 e. The van der Waals surface area contributed by atoms with Crippen molar-refractivity contribution in [3.05, 3.63) is 42.0 Å². The number of hydrogen-bond donors (Lipinski definition) is 2. The van der Waals surface area contributed by atoms with E-state index in [2.05, 4.69) is 17.2 Å². The van der Waals surface area contributed by atoms with E-state index in [0.717, 1.165) is 16.7 Å². The number of alkyl carbamates (subject to hydrolysis) is 1. The monoisotopic (exact) mass is 290 g/mol. The van der Waals surface area contributed by atoms with E-state index >= 15 is 0 Å². The van der Waals surface area contributed by atoms with Gasteiger partial charge < -0.3 is 15.4 Å². The summed E-state index contributed by atoms with van der Waals surface area (Å²) in [6, 6.07) is 7.80. The Morgan fingerprint density at radius 2 is 1.95 bits per heavy atom. The quantitative estimate of drug-likeness (QED) is 0.819. The average molecular weight is 290 g/mol. The van der Waals surface area contributed by atoms with Gasteiger partial charge in [-0.2, -0.15) is 0 Å². The lowest BCUT2D eigenvalue weighted by Crippen LogP contribution is -2.42. The van der Waals surface area contributed by atoms with Crippen LogP contribution >= 0.6 is 0 Å². The first-order valence-corrected chi connectivity index (χ1v) is 6.68. The molecule has 0 fully saturated rings. The standard InChI is InChI=1S/C16H22N2O3/c1-11(2)13-7-6-8-14(9-13)16(4,5)18-15(20)21-10-17-12(3)19/h6-9H,1,10H2,2-5H3,(H,17,19)(H,18,20). The normalized spacial score (nSPS) is 10.7. The predicted molar refractivity (Wildman–Crippen MR) is 82.5 cm³/mol. The van der Waals surface area contributed by atoms with Crippen LogP contribution in [0.2, 0.25) is 0 Å². The molecule has 0 unspecified atom stereocenters. The summed E-state index contributed by atoms with van der Waals surface area (Å²) >= 11 is 0. The van der Waals surface area contributed by atoms with Gasteiger partial charge in [0, 0.05) is 6.92 Å². The highest BCUT2D eigenvalue weighted by atomic mass is 16.6. The molecule has 0 spiro atoms. The van der Waals surface area contributed by atoms with Crippen LogP contribution in [0.3, 0.4) is 0 Å². The number of hydrogen-bond acceptors (Lipinski definition) is 3. The predicted octanol–water partition coefficient (Wildman–Crippen LogP) is 2.77. The first-order valence-electron chi connectivity index (χ1n) is 6.68. The molecule has 1 rings (SSSR count). The molecule has 0 radical (unpaired) electrons. The molecule has 5 heteroatoms. The minimum absolute atomic E-state index is 0.150. The van der Waals surface area contributed by atoms with Crippen molar-refractivity contribution in [2.24, 2.45) is 0 Å². The molecule has 5 nitrogen and oxygen atoms in total. The van der Waals surface area contributed by atoms with E-state index in [0.29, 0.717) is 0 Å². The second-order valence-electron chi connectivity index (χ2n) is 5.42. The Morgan fingerprint density at radius 1 is 1.29 bits per heavy atom. The number of rotatable bonds is 5. The van der Waals surface area contributed by atoms with Crippen LogP contribution in [-0.4, -0.2) is 18.7 Å². The molecule has 0 aromatic heterocycles. The first kappa shape index (κ1) is 16.8. The molecule has 1 aromatic rings. The highest BCUT2D eigenvalue weighted by Crippen LogP contribution is 2.23. The molecule has 1 aromatic carbocycles. The third-order valence-electron chi connectivity index (χ3n) is 3.02. The summed E-state index contributed by atoms with van der Waals surface area (Å²) in [5.74, 6) is -0.254. The average Bonchev–Trinajstić information content (AvgIpc) is 2.37. The summed E-state index contributed by atoms with van der Waals surface area (Å²) in [4.78, 5) is 22.4. The molecule has 21 heavy (non-hydrogen) atoms. The lowest BCUT2D eigenvalue weighted by molar-refractivity contribution is -0.120. The molecule has 2 N–H and O–H groups in total. The maximum atomic E-state index is 11.7. The van der Waals surface area contributed by atoms with Crippen molar-refractivity contribution in [2.75, 3.05) is 6.73 Å². The van der Waals surface area contributed by atoms with Gasteiger partial charge in [-0.3, -0.25) is 4.79 Å². The van der Waals surface area contributed by atoms with Gasteiger partial charge in [-0.15, -0.1) is 0 Å². The van der Waals surface area contributed by atoms with Gasteiger partial charge in [0.25, 0.3) is 0 Å². The number of nitrogens with one attached hydrogen (secondary N) is 2. The molecule has 2 amide bonds. The fraction of sp³-hybridized carbons (Fsp3) is 0.375. The maximum Gasteiger partial charge on any atom is 0.409 e. The largest absolute Gasteiger partial charge is 0.428 e. The SMILES string of the molecule is C=C(C)c1cccc(C(C)(C)NC(=O)OCNC(C)=O)c1. The molecule has 0 aliphatic rings. The summed E-state index contributed by atoms with van der Waals surface area (Å²) in [6.07, 6.45) is -0.588. The molecule has 0 saturated heterocycles. The summed E-state index contributed by atoms with van der Waals surface area (Å²) in [6.45, 7) is 10.8. The van der Waals surface area contributed by atoms with Gasteiger partial charge in [0.2, 0.25) is 5.91 Å². The van der Waals surface area contributed by atoms with Crippen LogP contribution < -0.4 is 10.6 Å². The Kier molecular flexibility index (Phi) is 5.52. The van der Waals surface area contributed by atoms with E-state index in [1.165, 1.54) is 6.92 Å². The van der Waals surface area contributed by atoms with Crippen molar-refractivity contribution in [3.8, 4) is 0 Å². The molecule has 0 aliphatic carbocycles. The summed E-state index contributed by atoms with van der Waals surface area (Å²) in [5.41, 5.74) is 2.33. The van der Waals surface area contributed by atoms with Crippen molar-refractivity contribution in [1.82, 2.24) is 10.6 Å². The second-order valence-corrected chi connectivity index (χ2v) is 5.42. The molecule has 114 valence electrons. The Morgan fingerprint density at radius 3 is 2.52 bits per heavy atom. The van der Waals surface area contributed by atoms with E-state index < -0.39 is 11.6 Å². The number of benzene rings is 1. The molecule has 0 atom stereocenters. The Hall–Kier alpha value is -2.30. The van der Waals surface area contributed by atoms with Crippen LogP contribution in [0.15, 0.2) is 30.8 Å². The Labute approximate surface area is 125 Å². The van der Waals surface area contributed by atoms with Crippen LogP contribution in [0.5, 0.6) is 0 Å². The Bertz CT molecular complexity index is 550. The van der Waals surface area contributed by atoms with Gasteiger partial charge in [0.1, 0.15) is 0 Å². The first-order chi connectivity index (χ1) is 9.72. The zero-order valence-electron chi connectivity index (χ0n) is 12.9. The van der Waals surface area contributed by atoms with E-state index in [4.69, 9.17) is 4.74 Å². The van der Waals surface area contributed by atoms with E-state index in [1.807, 2.05) is 45.0 Å². The lowest BCUT2D eigenvalue weighted by Gasteiger charge is -2.27. The topological polar surface area (TPSA) is 67.4 Å². The zero-order valence-corrected chi connectivity index (χ0v) is 12.9. The van der Waals surface area contributed by atoms with E-state index in [-0.39, 0.29) is 12.6 Å². The van der Waals surface area contributed by atoms with Crippen molar-refractivity contribution in [1.29, 1.82) is 0 Å². The van der Waals surface area contributed by atoms with Gasteiger partial charge >= 0.3 is 6.09 Å². The van der Waals surface area contributed by atoms with Gasteiger partial charge in [-0.1, -0.05) is 30.4 Å². The number of carbonyl (C=O) groups is 2. The van der Waals surface area contributed by atoms with Crippen LogP contribution in [0, 0.1) is 0 Å². The minimum atomic E-state index is -0.598. The van der Waals surface area contributed by atoms with Gasteiger partial charge in [-0.05, 0) is 38.0 Å². The number of amides is 2. The third kappa shape index (κ3) is 5.30. The van der Waals surface area contributed by atoms with Crippen LogP contribution in [0.25, 0.3) is 5.57 Å². The third-order valence-corrected chi connectivity index (χ3v) is 3.02. The molecule has 0 saturated carbocycles. The van der Waals surface area contributed by atoms with Gasteiger partial charge in [-0.25, -0.2) is 4.79 Å². The number of ether oxygens (including phenoxy) is 1. The molecule has 0 heterocycles. The van der Waals surface area contributed by atoms with Crippen molar-refractivity contribution in [3.63, 3.8) is 0 Å². The Balaban J connectivity index is 2.72. The number of allylic oxidation sites excluding steroid dienone is 1. The maximum absolute atomic E-state index is 11.7. The zero-order chi connectivity index (χ0) is 16.0. The van der Waals surface area contributed by atoms with E-state index in [1.54, 1.807) is 0 Å². The number of carbonyl (C=O) groups excluding carboxylic acids is 2. The van der Waals surface area contributed by atoms with E-state index in [9.17, 15) is 9.59 Å². The summed E-state index contributed by atoms with van der Waals surface area (Å²) in [5, 5.41) is 5.16. The lowest BCUT2D eigenvalue weighted by atomic mass is 9.92. The smallest absolute Gasteiger partial charge is 0.409 e. The molecule has 0 bridgehead atoms. The summed E-state index contributed by atoms with van der Waals surface area (Å²) < 4.78 is 4.89.